The molecule has 4 atom stereocenters. The molecule has 3 saturated carbocycles. The van der Waals surface area contributed by atoms with E-state index in [4.69, 9.17) is 0 Å². The van der Waals surface area contributed by atoms with E-state index in [0.29, 0.717) is 0 Å². The second-order valence-corrected chi connectivity index (χ2v) is 11.4. The second kappa shape index (κ2) is 11.7. The van der Waals surface area contributed by atoms with Crippen LogP contribution in [0.4, 0.5) is 0 Å². The van der Waals surface area contributed by atoms with Crippen molar-refractivity contribution >= 4 is 0 Å². The molecule has 4 unspecified atom stereocenters. The number of rotatable bonds is 9. The van der Waals surface area contributed by atoms with E-state index in [1.807, 2.05) is 6.08 Å². The number of hydrogen-bond donors (Lipinski definition) is 0. The van der Waals surface area contributed by atoms with Gasteiger partial charge in [0.2, 0.25) is 0 Å². The monoisotopic (exact) mass is 420 g/mol. The summed E-state index contributed by atoms with van der Waals surface area (Å²) < 4.78 is 0. The Morgan fingerprint density at radius 3 is 2.13 bits per heavy atom. The lowest BCUT2D eigenvalue weighted by Gasteiger charge is -2.45. The van der Waals surface area contributed by atoms with Crippen molar-refractivity contribution in [3.05, 3.63) is 48.0 Å². The van der Waals surface area contributed by atoms with Crippen molar-refractivity contribution in [3.8, 4) is 0 Å². The van der Waals surface area contributed by atoms with E-state index >= 15 is 0 Å². The molecule has 1 aromatic carbocycles. The highest BCUT2D eigenvalue weighted by Gasteiger charge is 2.38. The van der Waals surface area contributed by atoms with Gasteiger partial charge in [-0.25, -0.2) is 0 Å². The molecule has 0 spiro atoms. The van der Waals surface area contributed by atoms with Crippen LogP contribution < -0.4 is 0 Å². The number of hydrogen-bond acceptors (Lipinski definition) is 0. The quantitative estimate of drug-likeness (QED) is 0.275. The highest BCUT2D eigenvalue weighted by Crippen LogP contribution is 2.50. The van der Waals surface area contributed by atoms with Gasteiger partial charge in [-0.15, -0.1) is 6.58 Å². The first-order chi connectivity index (χ1) is 15.3. The van der Waals surface area contributed by atoms with E-state index in [0.717, 1.165) is 48.3 Å². The molecule has 0 amide bonds. The Morgan fingerprint density at radius 2 is 1.42 bits per heavy atom. The molecule has 31 heavy (non-hydrogen) atoms. The molecule has 0 nitrogen and oxygen atoms in total. The Morgan fingerprint density at radius 1 is 0.774 bits per heavy atom. The molecule has 172 valence electrons. The normalized spacial score (nSPS) is 33.6. The van der Waals surface area contributed by atoms with Crippen LogP contribution in [0.5, 0.6) is 0 Å². The molecule has 0 aromatic heterocycles. The van der Waals surface area contributed by atoms with Crippen LogP contribution in [-0.4, -0.2) is 0 Å². The second-order valence-electron chi connectivity index (χ2n) is 11.4. The van der Waals surface area contributed by atoms with E-state index in [1.165, 1.54) is 56.9 Å². The average Bonchev–Trinajstić information content (AvgIpc) is 2.83. The molecular weight excluding hydrogens is 372 g/mol. The molecule has 0 N–H and O–H groups in total. The fourth-order valence-electron chi connectivity index (χ4n) is 7.55. The molecular formula is C31H48. The molecule has 1 aromatic rings. The van der Waals surface area contributed by atoms with Crippen LogP contribution in [0.15, 0.2) is 36.9 Å². The zero-order valence-corrected chi connectivity index (χ0v) is 20.4. The molecule has 3 aliphatic rings. The number of allylic oxidation sites excluding steroid dienone is 1. The summed E-state index contributed by atoms with van der Waals surface area (Å²) in [5, 5.41) is 0. The first-order valence-corrected chi connectivity index (χ1v) is 14.0. The van der Waals surface area contributed by atoms with Crippen LogP contribution >= 0.6 is 0 Å². The van der Waals surface area contributed by atoms with Crippen LogP contribution in [-0.2, 0) is 6.42 Å². The summed E-state index contributed by atoms with van der Waals surface area (Å²) in [4.78, 5) is 0. The van der Waals surface area contributed by atoms with E-state index in [-0.39, 0.29) is 0 Å². The molecule has 0 heterocycles. The molecule has 0 saturated heterocycles. The molecule has 0 bridgehead atoms. The first-order valence-electron chi connectivity index (χ1n) is 14.0. The Hall–Kier alpha value is -1.04. The van der Waals surface area contributed by atoms with Gasteiger partial charge < -0.3 is 0 Å². The molecule has 4 rings (SSSR count). The van der Waals surface area contributed by atoms with E-state index in [9.17, 15) is 0 Å². The van der Waals surface area contributed by atoms with E-state index in [1.54, 1.807) is 44.1 Å². The maximum atomic E-state index is 3.85. The Bertz CT molecular complexity index is 647. The highest BCUT2D eigenvalue weighted by molar-refractivity contribution is 5.26. The molecule has 0 radical (unpaired) electrons. The van der Waals surface area contributed by atoms with Gasteiger partial charge in [-0.2, -0.15) is 0 Å². The van der Waals surface area contributed by atoms with Gasteiger partial charge in [-0.3, -0.25) is 0 Å². The topological polar surface area (TPSA) is 0 Å². The summed E-state index contributed by atoms with van der Waals surface area (Å²) in [6.45, 7) is 6.19. The minimum Gasteiger partial charge on any atom is -0.103 e. The van der Waals surface area contributed by atoms with Crippen molar-refractivity contribution in [2.45, 2.75) is 116 Å². The third-order valence-electron chi connectivity index (χ3n) is 9.50. The first kappa shape index (κ1) is 23.1. The van der Waals surface area contributed by atoms with Crippen molar-refractivity contribution < 1.29 is 0 Å². The van der Waals surface area contributed by atoms with Gasteiger partial charge in [0.05, 0.1) is 0 Å². The average molecular weight is 421 g/mol. The van der Waals surface area contributed by atoms with Gasteiger partial charge in [-0.1, -0.05) is 69.4 Å². The number of unbranched alkanes of at least 4 members (excludes halogenated alkanes) is 2. The van der Waals surface area contributed by atoms with Crippen LogP contribution in [0, 0.1) is 29.6 Å². The number of aryl methyl sites for hydroxylation is 1. The van der Waals surface area contributed by atoms with Gasteiger partial charge >= 0.3 is 0 Å². The lowest BCUT2D eigenvalue weighted by molar-refractivity contribution is 0.0614. The summed E-state index contributed by atoms with van der Waals surface area (Å²) in [6.07, 6.45) is 25.3. The minimum atomic E-state index is 0.819. The predicted octanol–water partition coefficient (Wildman–Crippen LogP) is 9.49. The van der Waals surface area contributed by atoms with Gasteiger partial charge in [0.1, 0.15) is 0 Å². The van der Waals surface area contributed by atoms with Crippen molar-refractivity contribution in [3.63, 3.8) is 0 Å². The molecule has 3 aliphatic carbocycles. The summed E-state index contributed by atoms with van der Waals surface area (Å²) >= 11 is 0. The predicted molar refractivity (Wildman–Crippen MR) is 135 cm³/mol. The lowest BCUT2D eigenvalue weighted by Crippen LogP contribution is -2.34. The zero-order chi connectivity index (χ0) is 21.5. The van der Waals surface area contributed by atoms with Gasteiger partial charge in [0.15, 0.2) is 0 Å². The van der Waals surface area contributed by atoms with Gasteiger partial charge in [0, 0.05) is 0 Å². The zero-order valence-electron chi connectivity index (χ0n) is 20.4. The van der Waals surface area contributed by atoms with Crippen LogP contribution in [0.2, 0.25) is 0 Å². The van der Waals surface area contributed by atoms with Crippen LogP contribution in [0.3, 0.4) is 0 Å². The maximum absolute atomic E-state index is 3.85. The summed E-state index contributed by atoms with van der Waals surface area (Å²) in [5.74, 6) is 6.16. The third-order valence-corrected chi connectivity index (χ3v) is 9.50. The number of fused-ring (bicyclic) bond motifs is 1. The SMILES string of the molecule is C=CCCc1ccc(C2CCC(C3CCC4CC(CCCCC)CCC4C3)CC2)cc1. The fourth-order valence-corrected chi connectivity index (χ4v) is 7.55. The summed E-state index contributed by atoms with van der Waals surface area (Å²) in [7, 11) is 0. The van der Waals surface area contributed by atoms with Crippen molar-refractivity contribution in [1.82, 2.24) is 0 Å². The van der Waals surface area contributed by atoms with E-state index in [2.05, 4.69) is 37.8 Å². The van der Waals surface area contributed by atoms with Gasteiger partial charge in [0.25, 0.3) is 0 Å². The highest BCUT2D eigenvalue weighted by atomic mass is 14.4. The Labute approximate surface area is 193 Å². The summed E-state index contributed by atoms with van der Waals surface area (Å²) in [6, 6.07) is 9.58. The maximum Gasteiger partial charge on any atom is -0.0162 e. The third kappa shape index (κ3) is 6.27. The standard InChI is InChI=1S/C31H48/c1-3-5-7-9-25-12-15-31-23-30(21-20-29(31)22-25)28-18-16-27(17-19-28)26-13-10-24(11-14-26)8-6-4-2/h4,10-11,13-14,25,27-31H,2-3,5-9,12,15-23H2,1H3. The molecule has 0 aliphatic heterocycles. The van der Waals surface area contributed by atoms with Crippen LogP contribution in [0.1, 0.15) is 120 Å². The Balaban J connectivity index is 1.21. The molecule has 3 fully saturated rings. The van der Waals surface area contributed by atoms with Crippen molar-refractivity contribution in [2.75, 3.05) is 0 Å². The minimum absolute atomic E-state index is 0.819. The Kier molecular flexibility index (Phi) is 8.74. The van der Waals surface area contributed by atoms with Crippen molar-refractivity contribution in [2.24, 2.45) is 29.6 Å². The summed E-state index contributed by atoms with van der Waals surface area (Å²) in [5.41, 5.74) is 3.07. The van der Waals surface area contributed by atoms with Gasteiger partial charge in [-0.05, 0) is 117 Å². The van der Waals surface area contributed by atoms with Crippen molar-refractivity contribution in [1.29, 1.82) is 0 Å². The smallest absolute Gasteiger partial charge is 0.0162 e. The van der Waals surface area contributed by atoms with Crippen LogP contribution in [0.25, 0.3) is 0 Å². The van der Waals surface area contributed by atoms with E-state index < -0.39 is 0 Å². The number of benzene rings is 1. The lowest BCUT2D eigenvalue weighted by atomic mass is 9.60. The largest absolute Gasteiger partial charge is 0.103 e. The fraction of sp³-hybridized carbons (Fsp3) is 0.742. The molecule has 0 heteroatoms.